The first-order chi connectivity index (χ1) is 7.74. The Balaban J connectivity index is 2.45. The van der Waals surface area contributed by atoms with Crippen LogP contribution in [-0.4, -0.2) is 9.78 Å². The molecular formula is C12H16N4. The Morgan fingerprint density at radius 2 is 2.19 bits per heavy atom. The topological polar surface area (TPSA) is 69.9 Å². The lowest BCUT2D eigenvalue weighted by molar-refractivity contribution is 0.660. The summed E-state index contributed by atoms with van der Waals surface area (Å²) in [5.74, 6) is 0. The van der Waals surface area contributed by atoms with Gasteiger partial charge in [0.15, 0.2) is 0 Å². The van der Waals surface area contributed by atoms with E-state index in [2.05, 4.69) is 12.0 Å². The number of hydrogen-bond acceptors (Lipinski definition) is 3. The van der Waals surface area contributed by atoms with Crippen LogP contribution in [0, 0.1) is 0 Å². The number of rotatable bonds is 3. The van der Waals surface area contributed by atoms with Crippen molar-refractivity contribution < 1.29 is 0 Å². The Bertz CT molecular complexity index is 488. The third-order valence-corrected chi connectivity index (χ3v) is 2.62. The highest BCUT2D eigenvalue weighted by Gasteiger charge is 2.05. The predicted molar refractivity (Wildman–Crippen MR) is 65.6 cm³/mol. The Labute approximate surface area is 94.9 Å². The first-order valence-electron chi connectivity index (χ1n) is 5.36. The van der Waals surface area contributed by atoms with Gasteiger partial charge in [0.2, 0.25) is 0 Å². The largest absolute Gasteiger partial charge is 0.398 e. The second kappa shape index (κ2) is 4.37. The molecule has 0 aliphatic rings. The van der Waals surface area contributed by atoms with Gasteiger partial charge in [-0.1, -0.05) is 6.07 Å². The van der Waals surface area contributed by atoms with Crippen molar-refractivity contribution in [3.8, 4) is 11.1 Å². The summed E-state index contributed by atoms with van der Waals surface area (Å²) in [7, 11) is 0. The second-order valence-corrected chi connectivity index (χ2v) is 3.71. The molecule has 1 aromatic carbocycles. The van der Waals surface area contributed by atoms with E-state index in [0.717, 1.165) is 28.9 Å². The molecule has 0 aliphatic heterocycles. The van der Waals surface area contributed by atoms with Crippen LogP contribution in [0.15, 0.2) is 30.6 Å². The van der Waals surface area contributed by atoms with Crippen LogP contribution in [0.25, 0.3) is 11.1 Å². The van der Waals surface area contributed by atoms with E-state index in [0.29, 0.717) is 6.54 Å². The fourth-order valence-corrected chi connectivity index (χ4v) is 1.66. The molecule has 0 saturated heterocycles. The van der Waals surface area contributed by atoms with Crippen molar-refractivity contribution >= 4 is 5.69 Å². The van der Waals surface area contributed by atoms with Gasteiger partial charge in [0.1, 0.15) is 0 Å². The monoisotopic (exact) mass is 216 g/mol. The molecule has 0 bridgehead atoms. The number of nitrogens with zero attached hydrogens (tertiary/aromatic N) is 2. The minimum Gasteiger partial charge on any atom is -0.398 e. The Morgan fingerprint density at radius 3 is 2.81 bits per heavy atom. The maximum Gasteiger partial charge on any atom is 0.0569 e. The Hall–Kier alpha value is -1.81. The number of nitrogens with two attached hydrogens (primary N) is 2. The van der Waals surface area contributed by atoms with Gasteiger partial charge in [-0.2, -0.15) is 5.10 Å². The van der Waals surface area contributed by atoms with Gasteiger partial charge >= 0.3 is 0 Å². The van der Waals surface area contributed by atoms with Gasteiger partial charge in [0.05, 0.1) is 6.20 Å². The van der Waals surface area contributed by atoms with E-state index in [9.17, 15) is 0 Å². The summed E-state index contributed by atoms with van der Waals surface area (Å²) in [6.45, 7) is 3.43. The molecular weight excluding hydrogens is 200 g/mol. The molecule has 0 aliphatic carbocycles. The van der Waals surface area contributed by atoms with Crippen LogP contribution in [0.5, 0.6) is 0 Å². The number of anilines is 1. The lowest BCUT2D eigenvalue weighted by atomic mass is 10.0. The van der Waals surface area contributed by atoms with Gasteiger partial charge in [-0.25, -0.2) is 0 Å². The zero-order valence-electron chi connectivity index (χ0n) is 9.35. The van der Waals surface area contributed by atoms with Crippen molar-refractivity contribution in [1.82, 2.24) is 9.78 Å². The molecule has 2 rings (SSSR count). The standard InChI is InChI=1S/C12H16N4/c1-2-16-8-10(7-15-16)11-5-9(6-13)3-4-12(11)14/h3-5,7-8H,2,6,13-14H2,1H3. The molecule has 0 fully saturated rings. The van der Waals surface area contributed by atoms with Crippen LogP contribution in [0.1, 0.15) is 12.5 Å². The number of benzene rings is 1. The van der Waals surface area contributed by atoms with E-state index in [-0.39, 0.29) is 0 Å². The summed E-state index contributed by atoms with van der Waals surface area (Å²) < 4.78 is 1.88. The van der Waals surface area contributed by atoms with Crippen molar-refractivity contribution in [2.24, 2.45) is 5.73 Å². The molecule has 0 radical (unpaired) electrons. The van der Waals surface area contributed by atoms with Crippen molar-refractivity contribution in [2.75, 3.05) is 5.73 Å². The van der Waals surface area contributed by atoms with Crippen LogP contribution in [0.4, 0.5) is 5.69 Å². The van der Waals surface area contributed by atoms with Gasteiger partial charge in [-0.05, 0) is 24.6 Å². The van der Waals surface area contributed by atoms with Crippen LogP contribution < -0.4 is 11.5 Å². The van der Waals surface area contributed by atoms with E-state index in [1.165, 1.54) is 0 Å². The lowest BCUT2D eigenvalue weighted by Crippen LogP contribution is -1.98. The third kappa shape index (κ3) is 1.92. The lowest BCUT2D eigenvalue weighted by Gasteiger charge is -2.05. The molecule has 4 N–H and O–H groups in total. The van der Waals surface area contributed by atoms with Gasteiger partial charge in [-0.15, -0.1) is 0 Å². The molecule has 0 atom stereocenters. The van der Waals surface area contributed by atoms with E-state index in [1.54, 1.807) is 0 Å². The summed E-state index contributed by atoms with van der Waals surface area (Å²) in [5, 5.41) is 4.24. The maximum absolute atomic E-state index is 5.95. The van der Waals surface area contributed by atoms with Crippen molar-refractivity contribution in [1.29, 1.82) is 0 Å². The smallest absolute Gasteiger partial charge is 0.0569 e. The first-order valence-corrected chi connectivity index (χ1v) is 5.36. The van der Waals surface area contributed by atoms with Crippen LogP contribution >= 0.6 is 0 Å². The minimum absolute atomic E-state index is 0.523. The minimum atomic E-state index is 0.523. The molecule has 16 heavy (non-hydrogen) atoms. The third-order valence-electron chi connectivity index (χ3n) is 2.62. The normalized spacial score (nSPS) is 10.6. The fraction of sp³-hybridized carbons (Fsp3) is 0.250. The summed E-state index contributed by atoms with van der Waals surface area (Å²) in [6.07, 6.45) is 3.82. The maximum atomic E-state index is 5.95. The molecule has 84 valence electrons. The predicted octanol–water partition coefficient (Wildman–Crippen LogP) is 1.61. The quantitative estimate of drug-likeness (QED) is 0.766. The average molecular weight is 216 g/mol. The summed E-state index contributed by atoms with van der Waals surface area (Å²) in [6, 6.07) is 5.86. The van der Waals surface area contributed by atoms with Gasteiger partial charge in [0.25, 0.3) is 0 Å². The molecule has 1 heterocycles. The van der Waals surface area contributed by atoms with Crippen LogP contribution in [-0.2, 0) is 13.1 Å². The van der Waals surface area contributed by atoms with Crippen LogP contribution in [0.3, 0.4) is 0 Å². The summed E-state index contributed by atoms with van der Waals surface area (Å²) >= 11 is 0. The first kappa shape index (κ1) is 10.7. The number of nitrogen functional groups attached to an aromatic ring is 1. The van der Waals surface area contributed by atoms with Gasteiger partial charge < -0.3 is 11.5 Å². The fourth-order valence-electron chi connectivity index (χ4n) is 1.66. The van der Waals surface area contributed by atoms with Crippen molar-refractivity contribution in [3.05, 3.63) is 36.2 Å². The highest BCUT2D eigenvalue weighted by atomic mass is 15.3. The number of hydrogen-bond donors (Lipinski definition) is 2. The van der Waals surface area contributed by atoms with Gasteiger partial charge in [-0.3, -0.25) is 4.68 Å². The highest BCUT2D eigenvalue weighted by Crippen LogP contribution is 2.26. The van der Waals surface area contributed by atoms with Gasteiger partial charge in [0, 0.05) is 36.1 Å². The zero-order chi connectivity index (χ0) is 11.5. The van der Waals surface area contributed by atoms with E-state index < -0.39 is 0 Å². The van der Waals surface area contributed by atoms with E-state index >= 15 is 0 Å². The molecule has 4 heteroatoms. The molecule has 0 unspecified atom stereocenters. The van der Waals surface area contributed by atoms with Crippen molar-refractivity contribution in [2.45, 2.75) is 20.0 Å². The van der Waals surface area contributed by atoms with Crippen molar-refractivity contribution in [3.63, 3.8) is 0 Å². The molecule has 0 amide bonds. The van der Waals surface area contributed by atoms with E-state index in [4.69, 9.17) is 11.5 Å². The SMILES string of the molecule is CCn1cc(-c2cc(CN)ccc2N)cn1. The van der Waals surface area contributed by atoms with E-state index in [1.807, 2.05) is 35.3 Å². The highest BCUT2D eigenvalue weighted by molar-refractivity contribution is 5.76. The number of aryl methyl sites for hydroxylation is 1. The number of aromatic nitrogens is 2. The second-order valence-electron chi connectivity index (χ2n) is 3.71. The molecule has 2 aromatic rings. The molecule has 0 spiro atoms. The Morgan fingerprint density at radius 1 is 1.38 bits per heavy atom. The van der Waals surface area contributed by atoms with Crippen LogP contribution in [0.2, 0.25) is 0 Å². The molecule has 0 saturated carbocycles. The zero-order valence-corrected chi connectivity index (χ0v) is 9.35. The summed E-state index contributed by atoms with van der Waals surface area (Å²) in [4.78, 5) is 0. The average Bonchev–Trinajstić information content (AvgIpc) is 2.78. The summed E-state index contributed by atoms with van der Waals surface area (Å²) in [5.41, 5.74) is 15.4. The molecule has 4 nitrogen and oxygen atoms in total. The Kier molecular flexibility index (Phi) is 2.92. The molecule has 1 aromatic heterocycles.